The van der Waals surface area contributed by atoms with E-state index in [0.29, 0.717) is 13.0 Å². The molecule has 0 saturated heterocycles. The lowest BCUT2D eigenvalue weighted by Crippen LogP contribution is -2.40. The van der Waals surface area contributed by atoms with Crippen molar-refractivity contribution < 1.29 is 9.18 Å². The van der Waals surface area contributed by atoms with Crippen molar-refractivity contribution >= 4 is 16.8 Å². The average Bonchev–Trinajstić information content (AvgIpc) is 3.00. The SMILES string of the molecule is CCCC(=O)N1CCc2c([nH]c3ccccc23)[C@H]1c1ccc(F)cc1. The lowest BCUT2D eigenvalue weighted by Gasteiger charge is -2.36. The van der Waals surface area contributed by atoms with Gasteiger partial charge in [-0.1, -0.05) is 37.3 Å². The van der Waals surface area contributed by atoms with Crippen LogP contribution in [0.4, 0.5) is 4.39 Å². The van der Waals surface area contributed by atoms with Gasteiger partial charge in [0.1, 0.15) is 5.82 Å². The van der Waals surface area contributed by atoms with Crippen LogP contribution in [0.15, 0.2) is 48.5 Å². The normalized spacial score (nSPS) is 16.9. The maximum atomic E-state index is 13.4. The number of carbonyl (C=O) groups excluding carboxylic acids is 1. The zero-order valence-electron chi connectivity index (χ0n) is 14.3. The second kappa shape index (κ2) is 6.36. The van der Waals surface area contributed by atoms with Crippen LogP contribution in [0.25, 0.3) is 10.9 Å². The Labute approximate surface area is 146 Å². The number of nitrogens with one attached hydrogen (secondary N) is 1. The molecule has 1 aromatic heterocycles. The molecule has 0 saturated carbocycles. The number of aromatic amines is 1. The van der Waals surface area contributed by atoms with Gasteiger partial charge < -0.3 is 9.88 Å². The zero-order valence-corrected chi connectivity index (χ0v) is 14.3. The summed E-state index contributed by atoms with van der Waals surface area (Å²) in [6, 6.07) is 14.6. The molecule has 0 spiro atoms. The molecular formula is C21H21FN2O. The van der Waals surface area contributed by atoms with Gasteiger partial charge in [0.25, 0.3) is 0 Å². The van der Waals surface area contributed by atoms with E-state index < -0.39 is 0 Å². The molecule has 128 valence electrons. The topological polar surface area (TPSA) is 36.1 Å². The fourth-order valence-electron chi connectivity index (χ4n) is 3.86. The Balaban J connectivity index is 1.87. The molecule has 3 nitrogen and oxygen atoms in total. The number of fused-ring (bicyclic) bond motifs is 3. The predicted molar refractivity (Wildman–Crippen MR) is 96.9 cm³/mol. The summed E-state index contributed by atoms with van der Waals surface area (Å²) in [6.07, 6.45) is 2.20. The van der Waals surface area contributed by atoms with Crippen LogP contribution in [0.2, 0.25) is 0 Å². The number of benzene rings is 2. The Bertz CT molecular complexity index is 913. The number of aromatic nitrogens is 1. The van der Waals surface area contributed by atoms with Gasteiger partial charge in [-0.25, -0.2) is 4.39 Å². The fourth-order valence-corrected chi connectivity index (χ4v) is 3.86. The molecule has 0 aliphatic carbocycles. The second-order valence-corrected chi connectivity index (χ2v) is 6.60. The number of hydrogen-bond acceptors (Lipinski definition) is 1. The van der Waals surface area contributed by atoms with Crippen LogP contribution in [0.3, 0.4) is 0 Å². The van der Waals surface area contributed by atoms with Crippen molar-refractivity contribution in [3.8, 4) is 0 Å². The van der Waals surface area contributed by atoms with E-state index in [9.17, 15) is 9.18 Å². The van der Waals surface area contributed by atoms with E-state index in [1.54, 1.807) is 12.1 Å². The first-order valence-corrected chi connectivity index (χ1v) is 8.83. The molecule has 4 heteroatoms. The highest BCUT2D eigenvalue weighted by Gasteiger charge is 2.33. The van der Waals surface area contributed by atoms with Crippen LogP contribution in [-0.4, -0.2) is 22.3 Å². The van der Waals surface area contributed by atoms with Gasteiger partial charge in [-0.2, -0.15) is 0 Å². The lowest BCUT2D eigenvalue weighted by molar-refractivity contribution is -0.133. The lowest BCUT2D eigenvalue weighted by atomic mass is 9.92. The maximum absolute atomic E-state index is 13.4. The molecular weight excluding hydrogens is 315 g/mol. The van der Waals surface area contributed by atoms with Gasteiger partial charge >= 0.3 is 0 Å². The van der Waals surface area contributed by atoms with Crippen molar-refractivity contribution in [2.75, 3.05) is 6.54 Å². The van der Waals surface area contributed by atoms with E-state index in [-0.39, 0.29) is 17.8 Å². The third-order valence-electron chi connectivity index (χ3n) is 5.00. The van der Waals surface area contributed by atoms with Gasteiger partial charge in [0.05, 0.1) is 6.04 Å². The number of halogens is 1. The molecule has 0 radical (unpaired) electrons. The van der Waals surface area contributed by atoms with Crippen molar-refractivity contribution in [3.63, 3.8) is 0 Å². The molecule has 1 aliphatic rings. The summed E-state index contributed by atoms with van der Waals surface area (Å²) < 4.78 is 13.4. The smallest absolute Gasteiger partial charge is 0.223 e. The monoisotopic (exact) mass is 336 g/mol. The molecule has 2 aromatic carbocycles. The molecule has 0 fully saturated rings. The standard InChI is InChI=1S/C21H21FN2O/c1-2-5-19(25)24-13-12-17-16-6-3-4-7-18(16)23-20(17)21(24)14-8-10-15(22)11-9-14/h3-4,6-11,21,23H,2,5,12-13H2,1H3/t21-/m1/s1. The van der Waals surface area contributed by atoms with Crippen molar-refractivity contribution in [1.82, 2.24) is 9.88 Å². The molecule has 0 unspecified atom stereocenters. The quantitative estimate of drug-likeness (QED) is 0.746. The van der Waals surface area contributed by atoms with E-state index in [0.717, 1.165) is 29.6 Å². The summed E-state index contributed by atoms with van der Waals surface area (Å²) in [5, 5.41) is 1.22. The summed E-state index contributed by atoms with van der Waals surface area (Å²) in [5.74, 6) is -0.107. The van der Waals surface area contributed by atoms with Crippen LogP contribution < -0.4 is 0 Å². The number of nitrogens with zero attached hydrogens (tertiary/aromatic N) is 1. The number of amides is 1. The summed E-state index contributed by atoms with van der Waals surface area (Å²) in [7, 11) is 0. The van der Waals surface area contributed by atoms with Crippen LogP contribution in [0.1, 0.15) is 42.6 Å². The Morgan fingerprint density at radius 1 is 1.20 bits per heavy atom. The van der Waals surface area contributed by atoms with Crippen molar-refractivity contribution in [2.24, 2.45) is 0 Å². The van der Waals surface area contributed by atoms with Gasteiger partial charge in [0.2, 0.25) is 5.91 Å². The van der Waals surface area contributed by atoms with E-state index in [1.165, 1.54) is 23.1 Å². The van der Waals surface area contributed by atoms with Gasteiger partial charge in [-0.15, -0.1) is 0 Å². The van der Waals surface area contributed by atoms with E-state index in [1.807, 2.05) is 24.0 Å². The van der Waals surface area contributed by atoms with Crippen molar-refractivity contribution in [2.45, 2.75) is 32.2 Å². The largest absolute Gasteiger partial charge is 0.356 e. The third kappa shape index (κ3) is 2.72. The number of rotatable bonds is 3. The summed E-state index contributed by atoms with van der Waals surface area (Å²) >= 11 is 0. The Hall–Kier alpha value is -2.62. The third-order valence-corrected chi connectivity index (χ3v) is 5.00. The fraction of sp³-hybridized carbons (Fsp3) is 0.286. The molecule has 25 heavy (non-hydrogen) atoms. The highest BCUT2D eigenvalue weighted by molar-refractivity contribution is 5.86. The number of hydrogen-bond donors (Lipinski definition) is 1. The molecule has 1 aliphatic heterocycles. The van der Waals surface area contributed by atoms with Crippen LogP contribution in [-0.2, 0) is 11.2 Å². The average molecular weight is 336 g/mol. The molecule has 2 heterocycles. The molecule has 1 atom stereocenters. The van der Waals surface area contributed by atoms with Gasteiger partial charge in [-0.05, 0) is 42.2 Å². The van der Waals surface area contributed by atoms with Crippen molar-refractivity contribution in [3.05, 3.63) is 71.2 Å². The first kappa shape index (κ1) is 15.9. The van der Waals surface area contributed by atoms with E-state index >= 15 is 0 Å². The summed E-state index contributed by atoms with van der Waals surface area (Å²) in [5.41, 5.74) is 4.36. The van der Waals surface area contributed by atoms with Gasteiger partial charge in [-0.3, -0.25) is 4.79 Å². The number of para-hydroxylation sites is 1. The van der Waals surface area contributed by atoms with Gasteiger partial charge in [0, 0.05) is 29.6 Å². The maximum Gasteiger partial charge on any atom is 0.223 e. The molecule has 3 aromatic rings. The second-order valence-electron chi connectivity index (χ2n) is 6.60. The molecule has 1 amide bonds. The minimum atomic E-state index is -0.261. The first-order valence-electron chi connectivity index (χ1n) is 8.83. The zero-order chi connectivity index (χ0) is 17.4. The minimum absolute atomic E-state index is 0.154. The number of H-pyrrole nitrogens is 1. The van der Waals surface area contributed by atoms with Crippen LogP contribution in [0.5, 0.6) is 0 Å². The van der Waals surface area contributed by atoms with E-state index in [4.69, 9.17) is 0 Å². The van der Waals surface area contributed by atoms with Crippen LogP contribution >= 0.6 is 0 Å². The Morgan fingerprint density at radius 3 is 2.72 bits per heavy atom. The highest BCUT2D eigenvalue weighted by Crippen LogP contribution is 2.38. The summed E-state index contributed by atoms with van der Waals surface area (Å²) in [6.45, 7) is 2.71. The minimum Gasteiger partial charge on any atom is -0.356 e. The highest BCUT2D eigenvalue weighted by atomic mass is 19.1. The molecule has 0 bridgehead atoms. The van der Waals surface area contributed by atoms with Gasteiger partial charge in [0.15, 0.2) is 0 Å². The number of carbonyl (C=O) groups is 1. The summed E-state index contributed by atoms with van der Waals surface area (Å²) in [4.78, 5) is 18.2. The first-order chi connectivity index (χ1) is 12.2. The van der Waals surface area contributed by atoms with Crippen molar-refractivity contribution in [1.29, 1.82) is 0 Å². The molecule has 4 rings (SSSR count). The molecule has 1 N–H and O–H groups in total. The Kier molecular flexibility index (Phi) is 4.04. The Morgan fingerprint density at radius 2 is 1.96 bits per heavy atom. The predicted octanol–water partition coefficient (Wildman–Crippen LogP) is 4.58. The van der Waals surface area contributed by atoms with E-state index in [2.05, 4.69) is 17.1 Å². The van der Waals surface area contributed by atoms with Crippen LogP contribution in [0, 0.1) is 5.82 Å².